The molecule has 1 N–H and O–H groups in total. The lowest BCUT2D eigenvalue weighted by molar-refractivity contribution is 0.289. The van der Waals surface area contributed by atoms with Crippen molar-refractivity contribution >= 4 is 12.2 Å². The first-order valence-electron chi connectivity index (χ1n) is 5.39. The summed E-state index contributed by atoms with van der Waals surface area (Å²) in [6.45, 7) is 4.53. The van der Waals surface area contributed by atoms with Crippen molar-refractivity contribution in [3.8, 4) is 5.75 Å². The van der Waals surface area contributed by atoms with Crippen LogP contribution in [0.1, 0.15) is 17.0 Å². The third kappa shape index (κ3) is 2.39. The first-order valence-corrected chi connectivity index (χ1v) is 5.79. The molecule has 1 aromatic carbocycles. The largest absolute Gasteiger partial charge is 0.485 e. The van der Waals surface area contributed by atoms with Gasteiger partial charge < -0.3 is 9.30 Å². The summed E-state index contributed by atoms with van der Waals surface area (Å²) < 4.78 is 8.16. The monoisotopic (exact) mass is 249 g/mol. The molecule has 4 nitrogen and oxygen atoms in total. The van der Waals surface area contributed by atoms with E-state index < -0.39 is 0 Å². The second-order valence-electron chi connectivity index (χ2n) is 3.99. The van der Waals surface area contributed by atoms with E-state index in [1.165, 1.54) is 5.56 Å². The van der Waals surface area contributed by atoms with E-state index in [1.807, 2.05) is 26.1 Å². The molecule has 1 heterocycles. The number of nitrogens with one attached hydrogen (secondary N) is 1. The maximum atomic E-state index is 5.75. The van der Waals surface area contributed by atoms with E-state index in [4.69, 9.17) is 17.0 Å². The summed E-state index contributed by atoms with van der Waals surface area (Å²) in [5, 5.41) is 6.84. The van der Waals surface area contributed by atoms with Gasteiger partial charge in [-0.25, -0.2) is 0 Å². The molecule has 0 bridgehead atoms. The van der Waals surface area contributed by atoms with Crippen LogP contribution < -0.4 is 4.74 Å². The van der Waals surface area contributed by atoms with Crippen molar-refractivity contribution in [3.63, 3.8) is 0 Å². The third-order valence-electron chi connectivity index (χ3n) is 2.88. The zero-order valence-corrected chi connectivity index (χ0v) is 11.0. The zero-order valence-electron chi connectivity index (χ0n) is 10.2. The predicted molar refractivity (Wildman–Crippen MR) is 68.6 cm³/mol. The van der Waals surface area contributed by atoms with E-state index in [2.05, 4.69) is 23.2 Å². The van der Waals surface area contributed by atoms with E-state index in [0.29, 0.717) is 11.4 Å². The Bertz CT molecular complexity index is 586. The summed E-state index contributed by atoms with van der Waals surface area (Å²) >= 11 is 5.04. The van der Waals surface area contributed by atoms with Crippen molar-refractivity contribution in [1.82, 2.24) is 14.8 Å². The van der Waals surface area contributed by atoms with Crippen LogP contribution in [-0.4, -0.2) is 14.8 Å². The highest BCUT2D eigenvalue weighted by Crippen LogP contribution is 2.21. The van der Waals surface area contributed by atoms with Crippen molar-refractivity contribution in [1.29, 1.82) is 0 Å². The minimum absolute atomic E-state index is 0.411. The average Bonchev–Trinajstić information content (AvgIpc) is 2.62. The molecule has 0 radical (unpaired) electrons. The summed E-state index contributed by atoms with van der Waals surface area (Å²) in [6.07, 6.45) is 0. The molecule has 0 amide bonds. The number of aryl methyl sites for hydroxylation is 1. The number of rotatable bonds is 3. The Balaban J connectivity index is 2.15. The number of ether oxygens (including phenoxy) is 1. The van der Waals surface area contributed by atoms with Crippen molar-refractivity contribution in [2.45, 2.75) is 20.5 Å². The Morgan fingerprint density at radius 3 is 2.82 bits per heavy atom. The van der Waals surface area contributed by atoms with Gasteiger partial charge in [-0.05, 0) is 43.3 Å². The molecule has 0 saturated carbocycles. The minimum atomic E-state index is 0.411. The molecule has 0 aliphatic carbocycles. The van der Waals surface area contributed by atoms with Gasteiger partial charge in [-0.2, -0.15) is 5.10 Å². The lowest BCUT2D eigenvalue weighted by atomic mass is 10.1. The van der Waals surface area contributed by atoms with Gasteiger partial charge in [0.25, 0.3) is 0 Å². The van der Waals surface area contributed by atoms with Crippen molar-refractivity contribution < 1.29 is 4.74 Å². The molecule has 0 aliphatic heterocycles. The van der Waals surface area contributed by atoms with Gasteiger partial charge in [0.2, 0.25) is 0 Å². The SMILES string of the molecule is Cc1cccc(OCc2n[nH]c(=S)n2C)c1C. The standard InChI is InChI=1S/C12H15N3OS/c1-8-5-4-6-10(9(8)2)16-7-11-13-14-12(17)15(11)3/h4-6H,7H2,1-3H3,(H,14,17). The Kier molecular flexibility index (Phi) is 3.28. The van der Waals surface area contributed by atoms with Crippen LogP contribution in [0, 0.1) is 18.6 Å². The Labute approximate surface area is 105 Å². The molecule has 17 heavy (non-hydrogen) atoms. The van der Waals surface area contributed by atoms with Crippen LogP contribution in [-0.2, 0) is 13.7 Å². The lowest BCUT2D eigenvalue weighted by Gasteiger charge is -2.10. The van der Waals surface area contributed by atoms with Crippen LogP contribution in [0.5, 0.6) is 5.75 Å². The molecule has 2 aromatic rings. The molecular weight excluding hydrogens is 234 g/mol. The molecule has 0 fully saturated rings. The second-order valence-corrected chi connectivity index (χ2v) is 4.38. The molecule has 0 aliphatic rings. The second kappa shape index (κ2) is 4.71. The van der Waals surface area contributed by atoms with Crippen LogP contribution in [0.4, 0.5) is 0 Å². The number of benzene rings is 1. The minimum Gasteiger partial charge on any atom is -0.485 e. The van der Waals surface area contributed by atoms with Gasteiger partial charge in [-0.1, -0.05) is 12.1 Å². The summed E-state index contributed by atoms with van der Waals surface area (Å²) in [4.78, 5) is 0. The maximum absolute atomic E-state index is 5.75. The topological polar surface area (TPSA) is 42.8 Å². The Morgan fingerprint density at radius 2 is 2.18 bits per heavy atom. The highest BCUT2D eigenvalue weighted by molar-refractivity contribution is 7.71. The fourth-order valence-corrected chi connectivity index (χ4v) is 1.68. The van der Waals surface area contributed by atoms with E-state index >= 15 is 0 Å². The molecule has 2 rings (SSSR count). The third-order valence-corrected chi connectivity index (χ3v) is 3.25. The fraction of sp³-hybridized carbons (Fsp3) is 0.333. The summed E-state index contributed by atoms with van der Waals surface area (Å²) in [7, 11) is 1.87. The molecule has 0 saturated heterocycles. The fourth-order valence-electron chi connectivity index (χ4n) is 1.53. The summed E-state index contributed by atoms with van der Waals surface area (Å²) in [5.41, 5.74) is 2.38. The van der Waals surface area contributed by atoms with E-state index in [-0.39, 0.29) is 0 Å². The molecule has 0 atom stereocenters. The highest BCUT2D eigenvalue weighted by atomic mass is 32.1. The van der Waals surface area contributed by atoms with Crippen molar-refractivity contribution in [3.05, 3.63) is 39.9 Å². The number of nitrogens with zero attached hydrogens (tertiary/aromatic N) is 2. The van der Waals surface area contributed by atoms with Gasteiger partial charge in [0.1, 0.15) is 12.4 Å². The first-order chi connectivity index (χ1) is 8.09. The molecule has 5 heteroatoms. The quantitative estimate of drug-likeness (QED) is 0.850. The number of hydrogen-bond donors (Lipinski definition) is 1. The van der Waals surface area contributed by atoms with Crippen LogP contribution >= 0.6 is 12.2 Å². The number of aromatic amines is 1. The van der Waals surface area contributed by atoms with Crippen molar-refractivity contribution in [2.24, 2.45) is 7.05 Å². The molecule has 0 spiro atoms. The smallest absolute Gasteiger partial charge is 0.194 e. The van der Waals surface area contributed by atoms with Gasteiger partial charge in [0.05, 0.1) is 0 Å². The van der Waals surface area contributed by atoms with Crippen LogP contribution in [0.3, 0.4) is 0 Å². The van der Waals surface area contributed by atoms with Crippen molar-refractivity contribution in [2.75, 3.05) is 0 Å². The Morgan fingerprint density at radius 1 is 1.41 bits per heavy atom. The highest BCUT2D eigenvalue weighted by Gasteiger charge is 2.05. The summed E-state index contributed by atoms with van der Waals surface area (Å²) in [6, 6.07) is 6.02. The van der Waals surface area contributed by atoms with Gasteiger partial charge in [0, 0.05) is 7.05 Å². The van der Waals surface area contributed by atoms with Crippen LogP contribution in [0.2, 0.25) is 0 Å². The Hall–Kier alpha value is -1.62. The molecular formula is C12H15N3OS. The molecule has 0 unspecified atom stereocenters. The van der Waals surface area contributed by atoms with Gasteiger partial charge in [-0.15, -0.1) is 0 Å². The first kappa shape index (κ1) is 11.9. The average molecular weight is 249 g/mol. The zero-order chi connectivity index (χ0) is 12.4. The van der Waals surface area contributed by atoms with Crippen LogP contribution in [0.15, 0.2) is 18.2 Å². The van der Waals surface area contributed by atoms with Gasteiger partial charge in [0.15, 0.2) is 10.6 Å². The van der Waals surface area contributed by atoms with E-state index in [1.54, 1.807) is 4.57 Å². The lowest BCUT2D eigenvalue weighted by Crippen LogP contribution is -2.04. The maximum Gasteiger partial charge on any atom is 0.194 e. The van der Waals surface area contributed by atoms with E-state index in [0.717, 1.165) is 17.1 Å². The molecule has 1 aromatic heterocycles. The van der Waals surface area contributed by atoms with Gasteiger partial charge >= 0.3 is 0 Å². The normalized spacial score (nSPS) is 10.5. The van der Waals surface area contributed by atoms with E-state index in [9.17, 15) is 0 Å². The van der Waals surface area contributed by atoms with Gasteiger partial charge in [-0.3, -0.25) is 5.10 Å². The number of H-pyrrole nitrogens is 1. The summed E-state index contributed by atoms with van der Waals surface area (Å²) in [5.74, 6) is 1.68. The number of aromatic nitrogens is 3. The molecule has 90 valence electrons. The predicted octanol–water partition coefficient (Wildman–Crippen LogP) is 2.67. The van der Waals surface area contributed by atoms with Crippen LogP contribution in [0.25, 0.3) is 0 Å². The number of hydrogen-bond acceptors (Lipinski definition) is 3.